The van der Waals surface area contributed by atoms with E-state index in [9.17, 15) is 71.2 Å². The van der Waals surface area contributed by atoms with Gasteiger partial charge in [-0.05, 0) is 32.6 Å². The van der Waals surface area contributed by atoms with Crippen LogP contribution in [0.15, 0.2) is 0 Å². The van der Waals surface area contributed by atoms with Gasteiger partial charge in [0.15, 0.2) is 18.9 Å². The molecule has 0 spiro atoms. The van der Waals surface area contributed by atoms with E-state index in [-0.39, 0.29) is 18.6 Å². The summed E-state index contributed by atoms with van der Waals surface area (Å²) in [5.41, 5.74) is 0. The van der Waals surface area contributed by atoms with Crippen LogP contribution in [0.1, 0.15) is 116 Å². The number of aliphatic hydroxyl groups excluding tert-OH is 12. The molecule has 3 aliphatic rings. The Bertz CT molecular complexity index is 1150. The summed E-state index contributed by atoms with van der Waals surface area (Å²) in [7, 11) is 0. The van der Waals surface area contributed by atoms with Crippen molar-refractivity contribution in [3.8, 4) is 0 Å². The molecule has 354 valence electrons. The molecular weight excluding hydrogens is 800 g/mol. The molecule has 20 heteroatoms. The number of hydrogen-bond donors (Lipinski definition) is 13. The Morgan fingerprint density at radius 3 is 1.10 bits per heavy atom. The minimum Gasteiger partial charge on any atom is -0.481 e. The maximum atomic E-state index is 11.4. The van der Waals surface area contributed by atoms with Gasteiger partial charge in [-0.2, -0.15) is 0 Å². The summed E-state index contributed by atoms with van der Waals surface area (Å²) in [5, 5.41) is 129. The van der Waals surface area contributed by atoms with Gasteiger partial charge in [-0.1, -0.05) is 77.0 Å². The molecule has 3 rings (SSSR count). The second-order valence-corrected chi connectivity index (χ2v) is 16.5. The van der Waals surface area contributed by atoms with Gasteiger partial charge < -0.3 is 94.8 Å². The Balaban J connectivity index is 1.36. The monoisotopic (exact) mass is 874 g/mol. The van der Waals surface area contributed by atoms with Crippen molar-refractivity contribution >= 4 is 5.97 Å². The molecule has 3 unspecified atom stereocenters. The molecule has 13 N–H and O–H groups in total. The highest BCUT2D eigenvalue weighted by Crippen LogP contribution is 2.28. The second kappa shape index (κ2) is 27.8. The normalized spacial score (nSPS) is 36.5. The van der Waals surface area contributed by atoms with Crippen LogP contribution in [-0.2, 0) is 33.2 Å². The Morgan fingerprint density at radius 2 is 0.733 bits per heavy atom. The van der Waals surface area contributed by atoms with E-state index in [1.165, 1.54) is 0 Å². The summed E-state index contributed by atoms with van der Waals surface area (Å²) in [5.74, 6) is -1.10. The molecule has 0 aliphatic carbocycles. The Morgan fingerprint density at radius 1 is 0.433 bits per heavy atom. The number of unbranched alkanes of at least 4 members (excludes halogenated alkanes) is 10. The quantitative estimate of drug-likeness (QED) is 0.0372. The lowest BCUT2D eigenvalue weighted by molar-refractivity contribution is -0.312. The maximum absolute atomic E-state index is 11.4. The van der Waals surface area contributed by atoms with Crippen molar-refractivity contribution < 1.29 is 99.6 Å². The van der Waals surface area contributed by atoms with E-state index in [2.05, 4.69) is 0 Å². The number of aliphatic hydroxyl groups is 12. The summed E-state index contributed by atoms with van der Waals surface area (Å²) in [4.78, 5) is 11.4. The van der Waals surface area contributed by atoms with Gasteiger partial charge in [-0.15, -0.1) is 0 Å². The van der Waals surface area contributed by atoms with E-state index in [0.717, 1.165) is 70.6 Å². The van der Waals surface area contributed by atoms with Crippen LogP contribution in [0.4, 0.5) is 0 Å². The van der Waals surface area contributed by atoms with Crippen LogP contribution in [0, 0.1) is 0 Å². The summed E-state index contributed by atoms with van der Waals surface area (Å²) in [6.45, 7) is 0.0646. The third-order valence-corrected chi connectivity index (χ3v) is 11.7. The number of rotatable bonds is 29. The fourth-order valence-corrected chi connectivity index (χ4v) is 7.87. The van der Waals surface area contributed by atoms with Crippen molar-refractivity contribution in [1.29, 1.82) is 0 Å². The third kappa shape index (κ3) is 16.7. The molecule has 20 nitrogen and oxygen atoms in total. The van der Waals surface area contributed by atoms with E-state index in [0.29, 0.717) is 32.1 Å². The topological polar surface area (TPSA) is 335 Å². The second-order valence-electron chi connectivity index (χ2n) is 16.5. The molecule has 0 aromatic heterocycles. The Kier molecular flexibility index (Phi) is 24.6. The minimum absolute atomic E-state index is 0.338. The molecule has 0 amide bonds. The van der Waals surface area contributed by atoms with Crippen molar-refractivity contribution in [3.05, 3.63) is 0 Å². The first kappa shape index (κ1) is 53.1. The molecule has 0 bridgehead atoms. The largest absolute Gasteiger partial charge is 0.481 e. The van der Waals surface area contributed by atoms with E-state index >= 15 is 0 Å². The zero-order chi connectivity index (χ0) is 44.4. The van der Waals surface area contributed by atoms with Gasteiger partial charge >= 0.3 is 5.97 Å². The average molecular weight is 875 g/mol. The number of carbonyl (C=O) groups is 1. The molecule has 3 heterocycles. The first-order chi connectivity index (χ1) is 28.6. The molecule has 60 heavy (non-hydrogen) atoms. The number of carboxylic acids is 1. The molecule has 18 atom stereocenters. The smallest absolute Gasteiger partial charge is 0.305 e. The standard InChI is InChI=1S/C40H74O20/c1-22(55-38-35(52)32(49)29(46)25(19-41)58-38)14-10-9-13-16-23(56-39-36(53)33(50)30(47)26(20-42)59-39)15-11-7-5-3-2-4-6-8-12-17-24(18-28(44)45)57-40-37(54)34(51)31(48)27(21-43)60-40/h22-27,29-43,46-54H,2-21H2,1H3,(H,44,45)/t22?,23?,24?,25-,26-,27-,29-,30-,31-,32+,33+,34+,35-,36-,37-,38-,39-,40-/m1/s1. The predicted molar refractivity (Wildman–Crippen MR) is 208 cm³/mol. The highest BCUT2D eigenvalue weighted by atomic mass is 16.7. The van der Waals surface area contributed by atoms with Crippen LogP contribution < -0.4 is 0 Å². The van der Waals surface area contributed by atoms with Crippen molar-refractivity contribution in [1.82, 2.24) is 0 Å². The number of carboxylic acid groups (broad SMARTS) is 1. The first-order valence-corrected chi connectivity index (χ1v) is 21.7. The van der Waals surface area contributed by atoms with Crippen LogP contribution in [0.2, 0.25) is 0 Å². The fraction of sp³-hybridized carbons (Fsp3) is 0.975. The SMILES string of the molecule is CC(CCCCCC(CCCCCCCCCCCC(CC(=O)O)O[C@@H]1O[C@H](CO)[C@@H](O)[C@H](O)[C@H]1O)O[C@@H]1O[C@H](CO)[C@@H](O)[C@H](O)[C@H]1O)O[C@@H]1O[C@H](CO)[C@@H](O)[C@H](O)[C@H]1O. The van der Waals surface area contributed by atoms with Gasteiger partial charge in [0.1, 0.15) is 73.2 Å². The fourth-order valence-electron chi connectivity index (χ4n) is 7.87. The summed E-state index contributed by atoms with van der Waals surface area (Å²) in [6.07, 6.45) is -10.1. The van der Waals surface area contributed by atoms with Crippen molar-refractivity contribution in [2.75, 3.05) is 19.8 Å². The average Bonchev–Trinajstić information content (AvgIpc) is 3.22. The molecular formula is C40H74O20. The highest BCUT2D eigenvalue weighted by Gasteiger charge is 2.47. The minimum atomic E-state index is -1.62. The Labute approximate surface area is 351 Å². The number of aliphatic carboxylic acids is 1. The van der Waals surface area contributed by atoms with Crippen molar-refractivity contribution in [2.24, 2.45) is 0 Å². The van der Waals surface area contributed by atoms with Gasteiger partial charge in [0.2, 0.25) is 0 Å². The van der Waals surface area contributed by atoms with E-state index in [1.54, 1.807) is 6.92 Å². The summed E-state index contributed by atoms with van der Waals surface area (Å²) in [6, 6.07) is 0. The van der Waals surface area contributed by atoms with E-state index in [4.69, 9.17) is 28.4 Å². The van der Waals surface area contributed by atoms with Gasteiger partial charge in [-0.25, -0.2) is 0 Å². The lowest BCUT2D eigenvalue weighted by Gasteiger charge is -2.41. The maximum Gasteiger partial charge on any atom is 0.305 e. The van der Waals surface area contributed by atoms with Crippen molar-refractivity contribution in [3.63, 3.8) is 0 Å². The highest BCUT2D eigenvalue weighted by molar-refractivity contribution is 5.67. The zero-order valence-electron chi connectivity index (χ0n) is 34.7. The molecule has 3 aliphatic heterocycles. The molecule has 0 radical (unpaired) electrons. The molecule has 0 aromatic rings. The van der Waals surface area contributed by atoms with Gasteiger partial charge in [-0.3, -0.25) is 4.79 Å². The summed E-state index contributed by atoms with van der Waals surface area (Å²) < 4.78 is 34.0. The number of hydrogen-bond acceptors (Lipinski definition) is 19. The Hall–Kier alpha value is -1.25. The summed E-state index contributed by atoms with van der Waals surface area (Å²) >= 11 is 0. The van der Waals surface area contributed by atoms with Gasteiger partial charge in [0.05, 0.1) is 44.6 Å². The molecule has 0 saturated carbocycles. The van der Waals surface area contributed by atoms with Crippen molar-refractivity contribution in [2.45, 2.75) is 227 Å². The third-order valence-electron chi connectivity index (χ3n) is 11.7. The lowest BCUT2D eigenvalue weighted by Crippen LogP contribution is -2.59. The van der Waals surface area contributed by atoms with Crippen LogP contribution in [0.5, 0.6) is 0 Å². The first-order valence-electron chi connectivity index (χ1n) is 21.7. The van der Waals surface area contributed by atoms with Crippen LogP contribution >= 0.6 is 0 Å². The zero-order valence-corrected chi connectivity index (χ0v) is 34.7. The van der Waals surface area contributed by atoms with Gasteiger partial charge in [0.25, 0.3) is 0 Å². The molecule has 3 saturated heterocycles. The number of ether oxygens (including phenoxy) is 6. The van der Waals surface area contributed by atoms with Crippen LogP contribution in [-0.4, -0.2) is 203 Å². The molecule has 0 aromatic carbocycles. The van der Waals surface area contributed by atoms with E-state index < -0.39 is 124 Å². The lowest BCUT2D eigenvalue weighted by atomic mass is 9.98. The predicted octanol–water partition coefficient (Wildman–Crippen LogP) is -1.72. The van der Waals surface area contributed by atoms with Crippen LogP contribution in [0.25, 0.3) is 0 Å². The van der Waals surface area contributed by atoms with Crippen LogP contribution in [0.3, 0.4) is 0 Å². The van der Waals surface area contributed by atoms with E-state index in [1.807, 2.05) is 0 Å². The van der Waals surface area contributed by atoms with Gasteiger partial charge in [0, 0.05) is 0 Å². The molecule has 3 fully saturated rings.